The van der Waals surface area contributed by atoms with Crippen LogP contribution in [0.1, 0.15) is 0 Å². The first-order chi connectivity index (χ1) is 25.2. The second-order valence-corrected chi connectivity index (χ2v) is 12.8. The highest BCUT2D eigenvalue weighted by atomic mass is 16.3. The van der Waals surface area contributed by atoms with E-state index in [9.17, 15) is 0 Å². The lowest BCUT2D eigenvalue weighted by molar-refractivity contribution is 0.672. The van der Waals surface area contributed by atoms with Crippen molar-refractivity contribution >= 4 is 43.5 Å². The zero-order valence-electron chi connectivity index (χ0n) is 27.5. The summed E-state index contributed by atoms with van der Waals surface area (Å²) >= 11 is 0. The second kappa shape index (κ2) is 11.9. The van der Waals surface area contributed by atoms with Gasteiger partial charge in [-0.25, -0.2) is 15.0 Å². The molecule has 0 radical (unpaired) electrons. The topological polar surface area (TPSA) is 51.8 Å². The fourth-order valence-corrected chi connectivity index (χ4v) is 7.14. The number of hydrogen-bond donors (Lipinski definition) is 0. The van der Waals surface area contributed by atoms with E-state index in [1.807, 2.05) is 54.6 Å². The molecular formula is C47H29N3O. The van der Waals surface area contributed by atoms with Gasteiger partial charge in [0.25, 0.3) is 0 Å². The molecule has 51 heavy (non-hydrogen) atoms. The van der Waals surface area contributed by atoms with Gasteiger partial charge in [0, 0.05) is 32.8 Å². The minimum atomic E-state index is 0.603. The lowest BCUT2D eigenvalue weighted by Crippen LogP contribution is -2.00. The molecule has 8 aromatic carbocycles. The molecule has 0 saturated carbocycles. The third-order valence-corrected chi connectivity index (χ3v) is 9.70. The number of aromatic nitrogens is 3. The lowest BCUT2D eigenvalue weighted by Gasteiger charge is -2.11. The number of fused-ring (bicyclic) bond motifs is 6. The summed E-state index contributed by atoms with van der Waals surface area (Å²) in [5.41, 5.74) is 9.03. The van der Waals surface area contributed by atoms with Crippen LogP contribution in [0.3, 0.4) is 0 Å². The highest BCUT2D eigenvalue weighted by molar-refractivity contribution is 6.20. The van der Waals surface area contributed by atoms with Crippen molar-refractivity contribution in [2.45, 2.75) is 0 Å². The van der Waals surface area contributed by atoms with Gasteiger partial charge >= 0.3 is 0 Å². The van der Waals surface area contributed by atoms with Gasteiger partial charge in [0.2, 0.25) is 0 Å². The van der Waals surface area contributed by atoms with Gasteiger partial charge in [-0.05, 0) is 62.7 Å². The van der Waals surface area contributed by atoms with Gasteiger partial charge < -0.3 is 4.42 Å². The Kier molecular flexibility index (Phi) is 6.78. The van der Waals surface area contributed by atoms with Crippen molar-refractivity contribution in [3.05, 3.63) is 176 Å². The first-order valence-corrected chi connectivity index (χ1v) is 17.1. The van der Waals surface area contributed by atoms with Gasteiger partial charge in [0.1, 0.15) is 11.2 Å². The van der Waals surface area contributed by atoms with Crippen molar-refractivity contribution in [2.24, 2.45) is 0 Å². The quantitative estimate of drug-likeness (QED) is 0.186. The van der Waals surface area contributed by atoms with Crippen molar-refractivity contribution in [3.8, 4) is 56.4 Å². The predicted octanol–water partition coefficient (Wildman–Crippen LogP) is 12.4. The molecule has 10 rings (SSSR count). The van der Waals surface area contributed by atoms with Crippen molar-refractivity contribution < 1.29 is 4.42 Å². The van der Waals surface area contributed by atoms with Crippen molar-refractivity contribution in [1.82, 2.24) is 15.0 Å². The zero-order valence-corrected chi connectivity index (χ0v) is 27.5. The first kappa shape index (κ1) is 29.0. The molecule has 0 aliphatic heterocycles. The number of nitrogens with zero attached hydrogens (tertiary/aromatic N) is 3. The summed E-state index contributed by atoms with van der Waals surface area (Å²) in [6, 6.07) is 61.1. The van der Waals surface area contributed by atoms with Gasteiger partial charge in [-0.1, -0.05) is 152 Å². The molecule has 0 unspecified atom stereocenters. The number of furan rings is 1. The summed E-state index contributed by atoms with van der Waals surface area (Å²) < 4.78 is 6.51. The standard InChI is InChI=1S/C47H29N3O/c1-2-12-33(13-3-1)45-48-46(50-47(49-45)41-29-37-15-6-7-18-39(37)44-43(41)40-19-8-9-20-42(40)51-44)38-17-10-16-35(28-38)31-21-23-32(24-22-31)36-26-25-30-11-4-5-14-34(30)27-36/h1-29H. The molecule has 2 heterocycles. The Morgan fingerprint density at radius 2 is 0.902 bits per heavy atom. The van der Waals surface area contributed by atoms with E-state index in [0.717, 1.165) is 60.5 Å². The number of benzene rings is 8. The Hall–Kier alpha value is -6.91. The van der Waals surface area contributed by atoms with E-state index in [-0.39, 0.29) is 0 Å². The molecule has 0 amide bonds. The fourth-order valence-electron chi connectivity index (χ4n) is 7.14. The molecule has 4 nitrogen and oxygen atoms in total. The van der Waals surface area contributed by atoms with Crippen LogP contribution in [0.15, 0.2) is 180 Å². The molecule has 0 N–H and O–H groups in total. The molecule has 238 valence electrons. The third-order valence-electron chi connectivity index (χ3n) is 9.70. The molecule has 2 aromatic heterocycles. The van der Waals surface area contributed by atoms with E-state index >= 15 is 0 Å². The molecule has 0 atom stereocenters. The van der Waals surface area contributed by atoms with E-state index in [0.29, 0.717) is 17.5 Å². The third kappa shape index (κ3) is 5.13. The maximum atomic E-state index is 6.51. The van der Waals surface area contributed by atoms with Crippen LogP contribution >= 0.6 is 0 Å². The number of para-hydroxylation sites is 1. The normalized spacial score (nSPS) is 11.5. The fraction of sp³-hybridized carbons (Fsp3) is 0. The highest BCUT2D eigenvalue weighted by Crippen LogP contribution is 2.41. The highest BCUT2D eigenvalue weighted by Gasteiger charge is 2.20. The van der Waals surface area contributed by atoms with E-state index in [1.54, 1.807) is 0 Å². The maximum Gasteiger partial charge on any atom is 0.164 e. The Morgan fingerprint density at radius 3 is 1.71 bits per heavy atom. The van der Waals surface area contributed by atoms with E-state index in [2.05, 4.69) is 121 Å². The van der Waals surface area contributed by atoms with E-state index in [1.165, 1.54) is 21.9 Å². The first-order valence-electron chi connectivity index (χ1n) is 17.1. The minimum Gasteiger partial charge on any atom is -0.455 e. The average molecular weight is 652 g/mol. The molecule has 0 spiro atoms. The van der Waals surface area contributed by atoms with Gasteiger partial charge in [-0.15, -0.1) is 0 Å². The maximum absolute atomic E-state index is 6.51. The van der Waals surface area contributed by atoms with Gasteiger partial charge in [-0.3, -0.25) is 0 Å². The molecule has 0 saturated heterocycles. The molecule has 0 bridgehead atoms. The monoisotopic (exact) mass is 651 g/mol. The Balaban J connectivity index is 1.11. The summed E-state index contributed by atoms with van der Waals surface area (Å²) in [7, 11) is 0. The van der Waals surface area contributed by atoms with Crippen molar-refractivity contribution in [1.29, 1.82) is 0 Å². The minimum absolute atomic E-state index is 0.603. The summed E-state index contributed by atoms with van der Waals surface area (Å²) in [5, 5.41) is 6.64. The SMILES string of the molecule is c1ccc(-c2nc(-c3cccc(-c4ccc(-c5ccc6ccccc6c5)cc4)c3)nc(-c3cc4ccccc4c4oc5ccccc5c34)n2)cc1. The van der Waals surface area contributed by atoms with Crippen LogP contribution in [-0.4, -0.2) is 15.0 Å². The van der Waals surface area contributed by atoms with Gasteiger partial charge in [-0.2, -0.15) is 0 Å². The zero-order chi connectivity index (χ0) is 33.7. The second-order valence-electron chi connectivity index (χ2n) is 12.8. The summed E-state index contributed by atoms with van der Waals surface area (Å²) in [6.07, 6.45) is 0. The van der Waals surface area contributed by atoms with Crippen LogP contribution in [0.5, 0.6) is 0 Å². The van der Waals surface area contributed by atoms with Crippen LogP contribution in [0, 0.1) is 0 Å². The molecule has 4 heteroatoms. The Morgan fingerprint density at radius 1 is 0.333 bits per heavy atom. The van der Waals surface area contributed by atoms with E-state index < -0.39 is 0 Å². The smallest absolute Gasteiger partial charge is 0.164 e. The molecule has 0 aliphatic carbocycles. The van der Waals surface area contributed by atoms with Crippen molar-refractivity contribution in [3.63, 3.8) is 0 Å². The predicted molar refractivity (Wildman–Crippen MR) is 209 cm³/mol. The van der Waals surface area contributed by atoms with Gasteiger partial charge in [0.15, 0.2) is 17.5 Å². The van der Waals surface area contributed by atoms with Crippen LogP contribution in [0.25, 0.3) is 99.9 Å². The van der Waals surface area contributed by atoms with Crippen molar-refractivity contribution in [2.75, 3.05) is 0 Å². The van der Waals surface area contributed by atoms with Gasteiger partial charge in [0.05, 0.1) is 0 Å². The largest absolute Gasteiger partial charge is 0.455 e. The summed E-state index contributed by atoms with van der Waals surface area (Å²) in [5.74, 6) is 1.84. The average Bonchev–Trinajstić information content (AvgIpc) is 3.61. The lowest BCUT2D eigenvalue weighted by atomic mass is 9.97. The molecule has 0 aliphatic rings. The van der Waals surface area contributed by atoms with Crippen LogP contribution < -0.4 is 0 Å². The Bertz CT molecular complexity index is 2910. The Labute approximate surface area is 294 Å². The summed E-state index contributed by atoms with van der Waals surface area (Å²) in [4.78, 5) is 15.4. The molecule has 10 aromatic rings. The number of hydrogen-bond acceptors (Lipinski definition) is 4. The molecular weight excluding hydrogens is 623 g/mol. The summed E-state index contributed by atoms with van der Waals surface area (Å²) in [6.45, 7) is 0. The number of rotatable bonds is 5. The molecule has 0 fully saturated rings. The van der Waals surface area contributed by atoms with Crippen LogP contribution in [0.4, 0.5) is 0 Å². The van der Waals surface area contributed by atoms with Crippen LogP contribution in [0.2, 0.25) is 0 Å². The van der Waals surface area contributed by atoms with E-state index in [4.69, 9.17) is 19.4 Å². The van der Waals surface area contributed by atoms with Crippen LogP contribution in [-0.2, 0) is 0 Å².